The molecule has 2 aromatic heterocycles. The Labute approximate surface area is 139 Å². The molecule has 0 saturated heterocycles. The molecule has 0 atom stereocenters. The highest BCUT2D eigenvalue weighted by atomic mass is 16.5. The van der Waals surface area contributed by atoms with Gasteiger partial charge in [0.1, 0.15) is 42.3 Å². The van der Waals surface area contributed by atoms with Crippen LogP contribution in [0.1, 0.15) is 11.5 Å². The van der Waals surface area contributed by atoms with Crippen LogP contribution in [0.25, 0.3) is 5.69 Å². The zero-order valence-electron chi connectivity index (χ0n) is 13.2. The van der Waals surface area contributed by atoms with Crippen molar-refractivity contribution in [3.05, 3.63) is 66.5 Å². The van der Waals surface area contributed by atoms with E-state index in [-0.39, 0.29) is 0 Å². The van der Waals surface area contributed by atoms with Gasteiger partial charge in [-0.15, -0.1) is 0 Å². The SMILES string of the molecule is Cc1nccn1-c1cccc(OCCOc2ccc(C#N)nc2)c1. The lowest BCUT2D eigenvalue weighted by atomic mass is 10.3. The second-order valence-corrected chi connectivity index (χ2v) is 5.03. The lowest BCUT2D eigenvalue weighted by Gasteiger charge is -2.10. The molecule has 0 spiro atoms. The minimum absolute atomic E-state index is 0.366. The molecule has 120 valence electrons. The van der Waals surface area contributed by atoms with Gasteiger partial charge in [0.15, 0.2) is 0 Å². The Balaban J connectivity index is 1.53. The van der Waals surface area contributed by atoms with E-state index in [1.807, 2.05) is 48.0 Å². The highest BCUT2D eigenvalue weighted by Gasteiger charge is 2.02. The summed E-state index contributed by atoms with van der Waals surface area (Å²) in [6.45, 7) is 2.75. The molecule has 0 N–H and O–H groups in total. The van der Waals surface area contributed by atoms with Gasteiger partial charge in [-0.05, 0) is 31.2 Å². The van der Waals surface area contributed by atoms with Crippen LogP contribution in [0.2, 0.25) is 0 Å². The molecule has 6 heteroatoms. The summed E-state index contributed by atoms with van der Waals surface area (Å²) in [6.07, 6.45) is 5.21. The topological polar surface area (TPSA) is 73.0 Å². The van der Waals surface area contributed by atoms with Crippen LogP contribution in [0.4, 0.5) is 0 Å². The van der Waals surface area contributed by atoms with E-state index in [2.05, 4.69) is 9.97 Å². The van der Waals surface area contributed by atoms with Crippen molar-refractivity contribution in [1.82, 2.24) is 14.5 Å². The van der Waals surface area contributed by atoms with Gasteiger partial charge in [-0.2, -0.15) is 5.26 Å². The molecule has 2 heterocycles. The Morgan fingerprint density at radius 2 is 1.92 bits per heavy atom. The van der Waals surface area contributed by atoms with E-state index in [0.29, 0.717) is 24.7 Å². The fourth-order valence-corrected chi connectivity index (χ4v) is 2.22. The third kappa shape index (κ3) is 3.70. The summed E-state index contributed by atoms with van der Waals surface area (Å²) in [5.41, 5.74) is 1.37. The number of pyridine rings is 1. The lowest BCUT2D eigenvalue weighted by Crippen LogP contribution is -2.09. The van der Waals surface area contributed by atoms with Crippen molar-refractivity contribution in [2.45, 2.75) is 6.92 Å². The molecule has 3 rings (SSSR count). The van der Waals surface area contributed by atoms with Crippen LogP contribution in [-0.4, -0.2) is 27.7 Å². The summed E-state index contributed by atoms with van der Waals surface area (Å²) in [4.78, 5) is 8.17. The second kappa shape index (κ2) is 7.29. The number of ether oxygens (including phenoxy) is 2. The standard InChI is InChI=1S/C18H16N4O2/c1-14-20-7-8-22(14)16-3-2-4-17(11-16)23-9-10-24-18-6-5-15(12-19)21-13-18/h2-8,11,13H,9-10H2,1H3. The smallest absolute Gasteiger partial charge is 0.140 e. The van der Waals surface area contributed by atoms with Gasteiger partial charge >= 0.3 is 0 Å². The van der Waals surface area contributed by atoms with E-state index < -0.39 is 0 Å². The van der Waals surface area contributed by atoms with Crippen molar-refractivity contribution in [3.63, 3.8) is 0 Å². The number of hydrogen-bond donors (Lipinski definition) is 0. The zero-order valence-corrected chi connectivity index (χ0v) is 13.2. The van der Waals surface area contributed by atoms with E-state index in [1.165, 1.54) is 6.20 Å². The van der Waals surface area contributed by atoms with Gasteiger partial charge < -0.3 is 14.0 Å². The first-order chi connectivity index (χ1) is 11.8. The quantitative estimate of drug-likeness (QED) is 0.653. The molecule has 0 aliphatic rings. The Bertz CT molecular complexity index is 850. The molecule has 0 aliphatic heterocycles. The Morgan fingerprint density at radius 1 is 1.08 bits per heavy atom. The fourth-order valence-electron chi connectivity index (χ4n) is 2.22. The van der Waals surface area contributed by atoms with Crippen LogP contribution >= 0.6 is 0 Å². The summed E-state index contributed by atoms with van der Waals surface area (Å²) in [5, 5.41) is 8.70. The number of aromatic nitrogens is 3. The third-order valence-electron chi connectivity index (χ3n) is 3.39. The number of hydrogen-bond acceptors (Lipinski definition) is 5. The van der Waals surface area contributed by atoms with Crippen LogP contribution < -0.4 is 9.47 Å². The third-order valence-corrected chi connectivity index (χ3v) is 3.39. The molecular formula is C18H16N4O2. The van der Waals surface area contributed by atoms with Crippen molar-refractivity contribution in [2.24, 2.45) is 0 Å². The molecule has 0 radical (unpaired) electrons. The minimum Gasteiger partial charge on any atom is -0.490 e. The van der Waals surface area contributed by atoms with Gasteiger partial charge in [0.25, 0.3) is 0 Å². The summed E-state index contributed by atoms with van der Waals surface area (Å²) >= 11 is 0. The molecule has 24 heavy (non-hydrogen) atoms. The first kappa shape index (κ1) is 15.6. The van der Waals surface area contributed by atoms with Crippen LogP contribution in [0.5, 0.6) is 11.5 Å². The maximum absolute atomic E-state index is 8.70. The van der Waals surface area contributed by atoms with Gasteiger partial charge in [0.2, 0.25) is 0 Å². The number of benzene rings is 1. The van der Waals surface area contributed by atoms with Gasteiger partial charge in [0.05, 0.1) is 11.9 Å². The largest absolute Gasteiger partial charge is 0.490 e. The lowest BCUT2D eigenvalue weighted by molar-refractivity contribution is 0.216. The minimum atomic E-state index is 0.366. The molecule has 0 fully saturated rings. The van der Waals surface area contributed by atoms with E-state index >= 15 is 0 Å². The number of nitriles is 1. The average molecular weight is 320 g/mol. The van der Waals surface area contributed by atoms with Crippen molar-refractivity contribution in [3.8, 4) is 23.3 Å². The van der Waals surface area contributed by atoms with Gasteiger partial charge in [-0.3, -0.25) is 0 Å². The van der Waals surface area contributed by atoms with Gasteiger partial charge in [-0.1, -0.05) is 6.07 Å². The molecule has 0 bridgehead atoms. The predicted molar refractivity (Wildman–Crippen MR) is 88.2 cm³/mol. The highest BCUT2D eigenvalue weighted by Crippen LogP contribution is 2.18. The molecule has 0 aliphatic carbocycles. The maximum atomic E-state index is 8.70. The summed E-state index contributed by atoms with van der Waals surface area (Å²) < 4.78 is 13.2. The monoisotopic (exact) mass is 320 g/mol. The maximum Gasteiger partial charge on any atom is 0.140 e. The molecule has 1 aromatic carbocycles. The fraction of sp³-hybridized carbons (Fsp3) is 0.167. The highest BCUT2D eigenvalue weighted by molar-refractivity contribution is 5.40. The average Bonchev–Trinajstić information content (AvgIpc) is 3.05. The molecule has 0 amide bonds. The van der Waals surface area contributed by atoms with Crippen molar-refractivity contribution in [1.29, 1.82) is 5.26 Å². The number of imidazole rings is 1. The first-order valence-electron chi connectivity index (χ1n) is 7.48. The molecule has 6 nitrogen and oxygen atoms in total. The number of rotatable bonds is 6. The van der Waals surface area contributed by atoms with E-state index in [1.54, 1.807) is 18.3 Å². The van der Waals surface area contributed by atoms with Crippen LogP contribution in [0, 0.1) is 18.3 Å². The van der Waals surface area contributed by atoms with Crippen molar-refractivity contribution < 1.29 is 9.47 Å². The predicted octanol–water partition coefficient (Wildman–Crippen LogP) is 2.91. The van der Waals surface area contributed by atoms with Crippen LogP contribution in [0.15, 0.2) is 55.0 Å². The first-order valence-corrected chi connectivity index (χ1v) is 7.48. The normalized spacial score (nSPS) is 10.2. The molecule has 0 saturated carbocycles. The summed E-state index contributed by atoms with van der Waals surface area (Å²) in [7, 11) is 0. The Kier molecular flexibility index (Phi) is 4.73. The second-order valence-electron chi connectivity index (χ2n) is 5.03. The Hall–Kier alpha value is -3.33. The van der Waals surface area contributed by atoms with Gasteiger partial charge in [-0.25, -0.2) is 9.97 Å². The molecule has 0 unspecified atom stereocenters. The van der Waals surface area contributed by atoms with Crippen LogP contribution in [-0.2, 0) is 0 Å². The summed E-state index contributed by atoms with van der Waals surface area (Å²) in [5.74, 6) is 2.30. The van der Waals surface area contributed by atoms with Crippen molar-refractivity contribution >= 4 is 0 Å². The van der Waals surface area contributed by atoms with Crippen LogP contribution in [0.3, 0.4) is 0 Å². The Morgan fingerprint density at radius 3 is 2.58 bits per heavy atom. The van der Waals surface area contributed by atoms with E-state index in [0.717, 1.165) is 17.3 Å². The van der Waals surface area contributed by atoms with E-state index in [4.69, 9.17) is 14.7 Å². The molecular weight excluding hydrogens is 304 g/mol. The summed E-state index contributed by atoms with van der Waals surface area (Å²) in [6, 6.07) is 13.1. The molecule has 3 aromatic rings. The van der Waals surface area contributed by atoms with E-state index in [9.17, 15) is 0 Å². The van der Waals surface area contributed by atoms with Crippen molar-refractivity contribution in [2.75, 3.05) is 13.2 Å². The number of aryl methyl sites for hydroxylation is 1. The van der Waals surface area contributed by atoms with Gasteiger partial charge in [0, 0.05) is 18.5 Å². The number of nitrogens with zero attached hydrogens (tertiary/aromatic N) is 4. The zero-order chi connectivity index (χ0) is 16.8.